The Kier molecular flexibility index (Phi) is 5.99. The first kappa shape index (κ1) is 23.7. The van der Waals surface area contributed by atoms with Crippen LogP contribution in [0, 0.1) is 34.5 Å². The predicted octanol–water partition coefficient (Wildman–Crippen LogP) is 4.59. The fourth-order valence-corrected chi connectivity index (χ4v) is 8.53. The summed E-state index contributed by atoms with van der Waals surface area (Å²) in [5.74, 6) is 2.35. The summed E-state index contributed by atoms with van der Waals surface area (Å²) in [6.45, 7) is 11.4. The second-order valence-electron chi connectivity index (χ2n) is 12.6. The molecule has 3 saturated carbocycles. The summed E-state index contributed by atoms with van der Waals surface area (Å²) in [5.41, 5.74) is -2.26. The Morgan fingerprint density at radius 1 is 0.968 bits per heavy atom. The average molecular weight is 435 g/mol. The molecule has 0 amide bonds. The maximum Gasteiger partial charge on any atom is 0.105 e. The molecule has 0 heterocycles. The Balaban J connectivity index is 1.63. The Hall–Kier alpha value is -0.420. The largest absolute Gasteiger partial charge is 0.393 e. The normalized spacial score (nSPS) is 50.5. The molecule has 178 valence electrons. The lowest BCUT2D eigenvalue weighted by molar-refractivity contribution is -0.258. The lowest BCUT2D eigenvalue weighted by Gasteiger charge is -2.65. The van der Waals surface area contributed by atoms with Crippen molar-refractivity contribution in [2.45, 2.75) is 122 Å². The minimum absolute atomic E-state index is 0.133. The van der Waals surface area contributed by atoms with Crippen LogP contribution in [-0.4, -0.2) is 43.8 Å². The molecule has 0 aromatic heterocycles. The van der Waals surface area contributed by atoms with E-state index in [1.807, 2.05) is 6.92 Å². The number of hydrogen-bond acceptors (Lipinski definition) is 4. The van der Waals surface area contributed by atoms with E-state index < -0.39 is 28.8 Å². The van der Waals surface area contributed by atoms with Crippen LogP contribution in [0.5, 0.6) is 0 Å². The van der Waals surface area contributed by atoms with Crippen molar-refractivity contribution in [2.24, 2.45) is 34.5 Å². The van der Waals surface area contributed by atoms with Gasteiger partial charge in [0.2, 0.25) is 0 Å². The van der Waals surface area contributed by atoms with Crippen LogP contribution in [0.4, 0.5) is 0 Å². The van der Waals surface area contributed by atoms with Crippen LogP contribution in [0.25, 0.3) is 0 Å². The van der Waals surface area contributed by atoms with Gasteiger partial charge in [-0.25, -0.2) is 0 Å². The van der Waals surface area contributed by atoms with Crippen molar-refractivity contribution in [1.82, 2.24) is 0 Å². The quantitative estimate of drug-likeness (QED) is 0.477. The SMILES string of the molecule is CC(C)CCC[C@@H](C)[C@H]1CC[C@H]2C3=C[C@@H](O)[C@@]4(O)C[C@@H](O)CC[C@]4(C)[C@@]3(O)CC[C@]12C. The van der Waals surface area contributed by atoms with Crippen LogP contribution in [-0.2, 0) is 0 Å². The zero-order chi connectivity index (χ0) is 22.8. The van der Waals surface area contributed by atoms with Gasteiger partial charge >= 0.3 is 0 Å². The van der Waals surface area contributed by atoms with Crippen LogP contribution in [0.1, 0.15) is 98.8 Å². The summed E-state index contributed by atoms with van der Waals surface area (Å²) in [6.07, 6.45) is 9.08. The van der Waals surface area contributed by atoms with Crippen LogP contribution in [0.15, 0.2) is 11.6 Å². The highest BCUT2D eigenvalue weighted by Gasteiger charge is 2.70. The van der Waals surface area contributed by atoms with Gasteiger partial charge in [0.25, 0.3) is 0 Å². The monoisotopic (exact) mass is 434 g/mol. The first-order chi connectivity index (χ1) is 14.4. The fourth-order valence-electron chi connectivity index (χ4n) is 8.53. The summed E-state index contributed by atoms with van der Waals surface area (Å²) < 4.78 is 0. The molecule has 4 N–H and O–H groups in total. The molecular formula is C27H46O4. The van der Waals surface area contributed by atoms with Crippen LogP contribution >= 0.6 is 0 Å². The molecule has 4 nitrogen and oxygen atoms in total. The Morgan fingerprint density at radius 3 is 2.35 bits per heavy atom. The molecule has 0 radical (unpaired) electrons. The van der Waals surface area contributed by atoms with Crippen molar-refractivity contribution in [3.05, 3.63) is 11.6 Å². The van der Waals surface area contributed by atoms with Crippen molar-refractivity contribution in [2.75, 3.05) is 0 Å². The minimum Gasteiger partial charge on any atom is -0.393 e. The van der Waals surface area contributed by atoms with Gasteiger partial charge in [-0.2, -0.15) is 0 Å². The smallest absolute Gasteiger partial charge is 0.105 e. The lowest BCUT2D eigenvalue weighted by atomic mass is 9.43. The molecule has 4 aliphatic carbocycles. The van der Waals surface area contributed by atoms with Crippen molar-refractivity contribution in [1.29, 1.82) is 0 Å². The standard InChI is InChI=1S/C27H46O4/c1-17(2)7-6-8-18(3)20-9-10-21-22-15-23(29)27(31)16-19(28)11-12-25(27,5)26(22,30)14-13-24(20,21)4/h15,17-21,23,28-31H,6-14,16H2,1-5H3/t18-,19+,20-,21+,23-,24-,25-,26-,27+/m1/s1. The molecular weight excluding hydrogens is 388 g/mol. The molecule has 4 aliphatic rings. The second-order valence-corrected chi connectivity index (χ2v) is 12.6. The van der Waals surface area contributed by atoms with Gasteiger partial charge in [0, 0.05) is 11.8 Å². The summed E-state index contributed by atoms with van der Waals surface area (Å²) in [4.78, 5) is 0. The van der Waals surface area contributed by atoms with Crippen molar-refractivity contribution in [3.8, 4) is 0 Å². The van der Waals surface area contributed by atoms with Gasteiger partial charge in [-0.3, -0.25) is 0 Å². The van der Waals surface area contributed by atoms with Crippen LogP contribution in [0.2, 0.25) is 0 Å². The molecule has 4 rings (SSSR count). The summed E-state index contributed by atoms with van der Waals surface area (Å²) in [6, 6.07) is 0. The van der Waals surface area contributed by atoms with Crippen LogP contribution in [0.3, 0.4) is 0 Å². The minimum atomic E-state index is -1.47. The Morgan fingerprint density at radius 2 is 1.68 bits per heavy atom. The molecule has 9 atom stereocenters. The van der Waals surface area contributed by atoms with Gasteiger partial charge < -0.3 is 20.4 Å². The first-order valence-electron chi connectivity index (χ1n) is 12.9. The first-order valence-corrected chi connectivity index (χ1v) is 12.9. The van der Waals surface area contributed by atoms with Gasteiger partial charge in [0.15, 0.2) is 0 Å². The molecule has 0 spiro atoms. The van der Waals surface area contributed by atoms with Gasteiger partial charge in [0.1, 0.15) is 11.7 Å². The van der Waals surface area contributed by atoms with Crippen LogP contribution < -0.4 is 0 Å². The predicted molar refractivity (Wildman–Crippen MR) is 123 cm³/mol. The van der Waals surface area contributed by atoms with E-state index in [-0.39, 0.29) is 17.8 Å². The number of hydrogen-bond donors (Lipinski definition) is 4. The van der Waals surface area contributed by atoms with E-state index in [1.165, 1.54) is 25.7 Å². The molecule has 0 saturated heterocycles. The van der Waals surface area contributed by atoms with E-state index in [9.17, 15) is 20.4 Å². The van der Waals surface area contributed by atoms with E-state index in [4.69, 9.17) is 0 Å². The highest BCUT2D eigenvalue weighted by atomic mass is 16.4. The number of aliphatic hydroxyl groups excluding tert-OH is 2. The van der Waals surface area contributed by atoms with Gasteiger partial charge in [0.05, 0.1) is 11.7 Å². The van der Waals surface area contributed by atoms with Crippen molar-refractivity contribution < 1.29 is 20.4 Å². The second kappa shape index (κ2) is 7.82. The van der Waals surface area contributed by atoms with E-state index >= 15 is 0 Å². The van der Waals surface area contributed by atoms with Crippen molar-refractivity contribution in [3.63, 3.8) is 0 Å². The molecule has 0 bridgehead atoms. The summed E-state index contributed by atoms with van der Waals surface area (Å²) >= 11 is 0. The maximum atomic E-state index is 12.2. The maximum absolute atomic E-state index is 12.2. The molecule has 0 unspecified atom stereocenters. The van der Waals surface area contributed by atoms with Crippen molar-refractivity contribution >= 4 is 0 Å². The molecule has 3 fully saturated rings. The van der Waals surface area contributed by atoms with Gasteiger partial charge in [-0.1, -0.05) is 60.0 Å². The third-order valence-electron chi connectivity index (χ3n) is 10.6. The fraction of sp³-hybridized carbons (Fsp3) is 0.926. The third-order valence-corrected chi connectivity index (χ3v) is 10.6. The summed E-state index contributed by atoms with van der Waals surface area (Å²) in [7, 11) is 0. The van der Waals surface area contributed by atoms with E-state index in [2.05, 4.69) is 27.7 Å². The van der Waals surface area contributed by atoms with Gasteiger partial charge in [-0.05, 0) is 73.2 Å². The molecule has 31 heavy (non-hydrogen) atoms. The Bertz CT molecular complexity index is 718. The number of aliphatic hydroxyl groups is 4. The Labute approximate surface area is 189 Å². The molecule has 0 aliphatic heterocycles. The van der Waals surface area contributed by atoms with E-state index in [0.29, 0.717) is 31.1 Å². The summed E-state index contributed by atoms with van der Waals surface area (Å²) in [5, 5.41) is 45.1. The van der Waals surface area contributed by atoms with Gasteiger partial charge in [-0.15, -0.1) is 0 Å². The van der Waals surface area contributed by atoms with E-state index in [1.54, 1.807) is 6.08 Å². The highest BCUT2D eigenvalue weighted by Crippen LogP contribution is 2.69. The topological polar surface area (TPSA) is 80.9 Å². The lowest BCUT2D eigenvalue weighted by Crippen LogP contribution is -2.72. The molecule has 0 aromatic carbocycles. The van der Waals surface area contributed by atoms with E-state index in [0.717, 1.165) is 24.3 Å². The number of fused-ring (bicyclic) bond motifs is 5. The average Bonchev–Trinajstić information content (AvgIpc) is 3.03. The number of rotatable bonds is 5. The molecule has 0 aromatic rings. The zero-order valence-corrected chi connectivity index (χ0v) is 20.4. The molecule has 4 heteroatoms. The highest BCUT2D eigenvalue weighted by molar-refractivity contribution is 5.40. The zero-order valence-electron chi connectivity index (χ0n) is 20.4. The third kappa shape index (κ3) is 3.30.